The number of carbonyl (C=O) groups is 1. The summed E-state index contributed by atoms with van der Waals surface area (Å²) in [6.07, 6.45) is 4.94. The maximum Gasteiger partial charge on any atom is 0.136 e. The summed E-state index contributed by atoms with van der Waals surface area (Å²) in [5.74, 6) is 3.12. The van der Waals surface area contributed by atoms with Crippen LogP contribution in [0.25, 0.3) is 0 Å². The highest BCUT2D eigenvalue weighted by atomic mass is 16.1. The lowest BCUT2D eigenvalue weighted by Crippen LogP contribution is -2.36. The lowest BCUT2D eigenvalue weighted by atomic mass is 9.65. The standard InChI is InChI=1S/C15H24O/c1-9-5-6-13-14(3,4)11-7-15(9,13)8-12(16)10(11)2/h9-11,13H,5-8H2,1-4H3/t9-,10+,11-,13-,15+/m0/s1. The number of ketones is 1. The zero-order valence-corrected chi connectivity index (χ0v) is 11.0. The summed E-state index contributed by atoms with van der Waals surface area (Å²) in [5.41, 5.74) is 0.800. The van der Waals surface area contributed by atoms with Crippen molar-refractivity contribution in [3.8, 4) is 0 Å². The van der Waals surface area contributed by atoms with Gasteiger partial charge >= 0.3 is 0 Å². The van der Waals surface area contributed by atoms with Crippen LogP contribution in [0.3, 0.4) is 0 Å². The number of fused-ring (bicyclic) bond motifs is 1. The van der Waals surface area contributed by atoms with Crippen molar-refractivity contribution in [2.45, 2.75) is 53.4 Å². The molecule has 5 atom stereocenters. The summed E-state index contributed by atoms with van der Waals surface area (Å²) < 4.78 is 0. The molecule has 1 spiro atoms. The van der Waals surface area contributed by atoms with Gasteiger partial charge in [0, 0.05) is 12.3 Å². The minimum Gasteiger partial charge on any atom is -0.299 e. The monoisotopic (exact) mass is 220 g/mol. The van der Waals surface area contributed by atoms with Crippen LogP contribution in [0.5, 0.6) is 0 Å². The molecular formula is C15H24O. The van der Waals surface area contributed by atoms with Crippen LogP contribution in [0.4, 0.5) is 0 Å². The lowest BCUT2D eigenvalue weighted by molar-refractivity contribution is -0.130. The van der Waals surface area contributed by atoms with Crippen molar-refractivity contribution in [3.05, 3.63) is 0 Å². The van der Waals surface area contributed by atoms with E-state index in [9.17, 15) is 4.79 Å². The van der Waals surface area contributed by atoms with Crippen molar-refractivity contribution in [2.75, 3.05) is 0 Å². The van der Waals surface area contributed by atoms with Crippen molar-refractivity contribution in [2.24, 2.45) is 34.5 Å². The fraction of sp³-hybridized carbons (Fsp3) is 0.933. The van der Waals surface area contributed by atoms with Crippen LogP contribution in [-0.2, 0) is 4.79 Å². The van der Waals surface area contributed by atoms with Gasteiger partial charge in [0.25, 0.3) is 0 Å². The SMILES string of the molecule is C[C@H]1C(=O)C[C@@]23C[C@@H]1C(C)(C)[C@@H]2CC[C@@H]3C. The van der Waals surface area contributed by atoms with Crippen LogP contribution in [0.1, 0.15) is 53.4 Å². The Bertz CT molecular complexity index is 343. The average Bonchev–Trinajstić information content (AvgIpc) is 2.59. The van der Waals surface area contributed by atoms with Gasteiger partial charge in [-0.25, -0.2) is 0 Å². The largest absolute Gasteiger partial charge is 0.299 e. The van der Waals surface area contributed by atoms with Crippen molar-refractivity contribution in [3.63, 3.8) is 0 Å². The molecule has 0 aromatic carbocycles. The molecule has 16 heavy (non-hydrogen) atoms. The molecule has 3 saturated carbocycles. The van der Waals surface area contributed by atoms with Gasteiger partial charge in [-0.05, 0) is 47.8 Å². The van der Waals surface area contributed by atoms with Crippen LogP contribution in [0.2, 0.25) is 0 Å². The van der Waals surface area contributed by atoms with Crippen LogP contribution < -0.4 is 0 Å². The van der Waals surface area contributed by atoms with E-state index in [1.54, 1.807) is 0 Å². The first kappa shape index (κ1) is 10.8. The van der Waals surface area contributed by atoms with E-state index in [-0.39, 0.29) is 0 Å². The minimum atomic E-state index is 0.318. The van der Waals surface area contributed by atoms with Gasteiger partial charge in [-0.15, -0.1) is 0 Å². The van der Waals surface area contributed by atoms with E-state index >= 15 is 0 Å². The van der Waals surface area contributed by atoms with E-state index in [0.29, 0.717) is 28.4 Å². The second-order valence-electron chi connectivity index (χ2n) is 7.33. The van der Waals surface area contributed by atoms with Gasteiger partial charge in [0.2, 0.25) is 0 Å². The van der Waals surface area contributed by atoms with Crippen LogP contribution in [0, 0.1) is 34.5 Å². The number of Topliss-reactive ketones (excluding diaryl/α,β-unsaturated/α-hetero) is 1. The molecule has 0 heterocycles. The molecular weight excluding hydrogens is 196 g/mol. The number of carbonyl (C=O) groups excluding carboxylic acids is 1. The van der Waals surface area contributed by atoms with Crippen molar-refractivity contribution < 1.29 is 4.79 Å². The topological polar surface area (TPSA) is 17.1 Å². The van der Waals surface area contributed by atoms with Gasteiger partial charge in [0.1, 0.15) is 5.78 Å². The molecule has 3 aliphatic carbocycles. The Labute approximate surface area is 99.0 Å². The third-order valence-corrected chi connectivity index (χ3v) is 6.63. The molecule has 2 bridgehead atoms. The van der Waals surface area contributed by atoms with Gasteiger partial charge in [0.05, 0.1) is 0 Å². The smallest absolute Gasteiger partial charge is 0.136 e. The fourth-order valence-electron chi connectivity index (χ4n) is 5.62. The Kier molecular flexibility index (Phi) is 1.97. The fourth-order valence-corrected chi connectivity index (χ4v) is 5.62. The molecule has 0 radical (unpaired) electrons. The van der Waals surface area contributed by atoms with Crippen LogP contribution >= 0.6 is 0 Å². The van der Waals surface area contributed by atoms with E-state index in [4.69, 9.17) is 0 Å². The third kappa shape index (κ3) is 1.01. The number of hydrogen-bond acceptors (Lipinski definition) is 1. The normalized spacial score (nSPS) is 54.1. The Morgan fingerprint density at radius 3 is 2.56 bits per heavy atom. The van der Waals surface area contributed by atoms with Crippen molar-refractivity contribution in [1.29, 1.82) is 0 Å². The molecule has 0 unspecified atom stereocenters. The summed E-state index contributed by atoms with van der Waals surface area (Å²) in [6.45, 7) is 9.42. The third-order valence-electron chi connectivity index (χ3n) is 6.63. The molecule has 1 heteroatoms. The van der Waals surface area contributed by atoms with E-state index in [0.717, 1.165) is 18.3 Å². The molecule has 90 valence electrons. The van der Waals surface area contributed by atoms with Crippen molar-refractivity contribution in [1.82, 2.24) is 0 Å². The molecule has 0 N–H and O–H groups in total. The summed E-state index contributed by atoms with van der Waals surface area (Å²) in [4.78, 5) is 12.2. The second kappa shape index (κ2) is 2.91. The Morgan fingerprint density at radius 2 is 1.88 bits per heavy atom. The van der Waals surface area contributed by atoms with E-state index in [2.05, 4.69) is 27.7 Å². The van der Waals surface area contributed by atoms with E-state index < -0.39 is 0 Å². The highest BCUT2D eigenvalue weighted by Gasteiger charge is 2.66. The Hall–Kier alpha value is -0.330. The van der Waals surface area contributed by atoms with Crippen LogP contribution in [0.15, 0.2) is 0 Å². The first-order chi connectivity index (χ1) is 7.39. The highest BCUT2D eigenvalue weighted by molar-refractivity contribution is 5.83. The molecule has 3 fully saturated rings. The van der Waals surface area contributed by atoms with Gasteiger partial charge in [-0.2, -0.15) is 0 Å². The van der Waals surface area contributed by atoms with Crippen molar-refractivity contribution >= 4 is 5.78 Å². The Morgan fingerprint density at radius 1 is 1.19 bits per heavy atom. The molecule has 0 saturated heterocycles. The minimum absolute atomic E-state index is 0.318. The highest BCUT2D eigenvalue weighted by Crippen LogP contribution is 2.71. The molecule has 0 amide bonds. The second-order valence-corrected chi connectivity index (χ2v) is 7.33. The summed E-state index contributed by atoms with van der Waals surface area (Å²) in [6, 6.07) is 0. The summed E-state index contributed by atoms with van der Waals surface area (Å²) in [5, 5.41) is 0. The van der Waals surface area contributed by atoms with E-state index in [1.165, 1.54) is 19.3 Å². The van der Waals surface area contributed by atoms with Gasteiger partial charge in [0.15, 0.2) is 0 Å². The molecule has 1 nitrogen and oxygen atoms in total. The van der Waals surface area contributed by atoms with Gasteiger partial charge < -0.3 is 0 Å². The zero-order chi connectivity index (χ0) is 11.7. The van der Waals surface area contributed by atoms with Gasteiger partial charge in [-0.1, -0.05) is 27.7 Å². The lowest BCUT2D eigenvalue weighted by Gasteiger charge is -2.38. The quantitative estimate of drug-likeness (QED) is 0.608. The maximum atomic E-state index is 12.2. The Balaban J connectivity index is 2.10. The molecule has 0 aliphatic heterocycles. The molecule has 0 aromatic rings. The first-order valence-electron chi connectivity index (χ1n) is 6.92. The summed E-state index contributed by atoms with van der Waals surface area (Å²) in [7, 11) is 0. The number of hydrogen-bond donors (Lipinski definition) is 0. The molecule has 3 rings (SSSR count). The van der Waals surface area contributed by atoms with Crippen LogP contribution in [-0.4, -0.2) is 5.78 Å². The summed E-state index contributed by atoms with van der Waals surface area (Å²) >= 11 is 0. The first-order valence-corrected chi connectivity index (χ1v) is 6.92. The maximum absolute atomic E-state index is 12.2. The molecule has 3 aliphatic rings. The zero-order valence-electron chi connectivity index (χ0n) is 11.0. The van der Waals surface area contributed by atoms with E-state index in [1.807, 2.05) is 0 Å². The predicted molar refractivity (Wildman–Crippen MR) is 65.0 cm³/mol. The molecule has 0 aromatic heterocycles. The number of rotatable bonds is 0. The average molecular weight is 220 g/mol. The van der Waals surface area contributed by atoms with Gasteiger partial charge in [-0.3, -0.25) is 4.79 Å². The predicted octanol–water partition coefficient (Wildman–Crippen LogP) is 3.67.